The van der Waals surface area contributed by atoms with Crippen molar-refractivity contribution >= 4 is 12.0 Å². The van der Waals surface area contributed by atoms with Gasteiger partial charge in [0.15, 0.2) is 0 Å². The van der Waals surface area contributed by atoms with E-state index in [0.29, 0.717) is 17.9 Å². The first kappa shape index (κ1) is 16.6. The summed E-state index contributed by atoms with van der Waals surface area (Å²) in [6.45, 7) is 2.08. The molecule has 0 aliphatic heterocycles. The first-order valence-electron chi connectivity index (χ1n) is 7.17. The van der Waals surface area contributed by atoms with E-state index in [1.54, 1.807) is 6.92 Å². The van der Waals surface area contributed by atoms with Crippen LogP contribution < -0.4 is 5.56 Å². The van der Waals surface area contributed by atoms with Crippen molar-refractivity contribution in [3.05, 3.63) is 58.4 Å². The highest BCUT2D eigenvalue weighted by atomic mass is 16.5. The number of hydrogen-bond acceptors (Lipinski definition) is 5. The molecule has 0 unspecified atom stereocenters. The molecule has 0 saturated heterocycles. The highest BCUT2D eigenvalue weighted by molar-refractivity contribution is 5.88. The Morgan fingerprint density at radius 3 is 2.70 bits per heavy atom. The summed E-state index contributed by atoms with van der Waals surface area (Å²) in [6.07, 6.45) is 2.82. The number of benzene rings is 1. The average molecular weight is 314 g/mol. The van der Waals surface area contributed by atoms with E-state index >= 15 is 0 Å². The molecule has 1 heterocycles. The largest absolute Gasteiger partial charge is 0.463 e. The molecule has 2 rings (SSSR count). The summed E-state index contributed by atoms with van der Waals surface area (Å²) >= 11 is 0. The summed E-state index contributed by atoms with van der Waals surface area (Å²) in [7, 11) is 1.49. The molecule has 0 aliphatic rings. The van der Waals surface area contributed by atoms with Crippen LogP contribution in [0.5, 0.6) is 0 Å². The molecule has 23 heavy (non-hydrogen) atoms. The SMILES string of the molecule is CCOC(=O)/C=C/c1cc(=O)n(COC)nc1-c1ccccc1. The van der Waals surface area contributed by atoms with E-state index in [9.17, 15) is 9.59 Å². The zero-order chi connectivity index (χ0) is 16.7. The molecule has 6 heteroatoms. The minimum absolute atomic E-state index is 0.0561. The number of hydrogen-bond donors (Lipinski definition) is 0. The maximum absolute atomic E-state index is 12.1. The van der Waals surface area contributed by atoms with Crippen molar-refractivity contribution in [1.82, 2.24) is 9.78 Å². The molecule has 0 fully saturated rings. The topological polar surface area (TPSA) is 70.4 Å². The normalized spacial score (nSPS) is 10.9. The number of nitrogens with zero attached hydrogens (tertiary/aromatic N) is 2. The van der Waals surface area contributed by atoms with Crippen molar-refractivity contribution in [2.75, 3.05) is 13.7 Å². The second-order valence-corrected chi connectivity index (χ2v) is 4.66. The van der Waals surface area contributed by atoms with Crippen LogP contribution in [0.1, 0.15) is 12.5 Å². The number of esters is 1. The van der Waals surface area contributed by atoms with Crippen LogP contribution >= 0.6 is 0 Å². The summed E-state index contributed by atoms with van der Waals surface area (Å²) in [5.41, 5.74) is 1.65. The maximum atomic E-state index is 12.1. The molecule has 0 aliphatic carbocycles. The van der Waals surface area contributed by atoms with Gasteiger partial charge in [0.05, 0.1) is 12.3 Å². The van der Waals surface area contributed by atoms with Gasteiger partial charge in [-0.05, 0) is 13.0 Å². The highest BCUT2D eigenvalue weighted by Crippen LogP contribution is 2.20. The van der Waals surface area contributed by atoms with Crippen LogP contribution in [0.2, 0.25) is 0 Å². The van der Waals surface area contributed by atoms with Crippen LogP contribution in [0.4, 0.5) is 0 Å². The summed E-state index contributed by atoms with van der Waals surface area (Å²) < 4.78 is 11.1. The second-order valence-electron chi connectivity index (χ2n) is 4.66. The lowest BCUT2D eigenvalue weighted by atomic mass is 10.1. The molecule has 0 N–H and O–H groups in total. The Balaban J connectivity index is 2.49. The molecule has 0 radical (unpaired) electrons. The van der Waals surface area contributed by atoms with Crippen molar-refractivity contribution < 1.29 is 14.3 Å². The summed E-state index contributed by atoms with van der Waals surface area (Å²) in [5, 5.41) is 4.33. The van der Waals surface area contributed by atoms with Gasteiger partial charge in [-0.1, -0.05) is 30.3 Å². The van der Waals surface area contributed by atoms with Gasteiger partial charge in [-0.15, -0.1) is 0 Å². The number of carbonyl (C=O) groups excluding carboxylic acids is 1. The van der Waals surface area contributed by atoms with Gasteiger partial charge in [-0.3, -0.25) is 4.79 Å². The molecule has 0 amide bonds. The minimum atomic E-state index is -0.465. The quantitative estimate of drug-likeness (QED) is 0.603. The van der Waals surface area contributed by atoms with Gasteiger partial charge < -0.3 is 9.47 Å². The summed E-state index contributed by atoms with van der Waals surface area (Å²) in [5.74, 6) is -0.465. The van der Waals surface area contributed by atoms with E-state index in [2.05, 4.69) is 5.10 Å². The lowest BCUT2D eigenvalue weighted by Crippen LogP contribution is -2.24. The average Bonchev–Trinajstić information content (AvgIpc) is 2.56. The molecule has 0 spiro atoms. The van der Waals surface area contributed by atoms with Crippen LogP contribution in [0.3, 0.4) is 0 Å². The predicted octanol–water partition coefficient (Wildman–Crippen LogP) is 2.09. The number of carbonyl (C=O) groups is 1. The Bertz CT molecular complexity index is 751. The molecular formula is C17H18N2O4. The van der Waals surface area contributed by atoms with Crippen molar-refractivity contribution in [3.63, 3.8) is 0 Å². The molecule has 1 aromatic carbocycles. The standard InChI is InChI=1S/C17H18N2O4/c1-3-23-16(21)10-9-14-11-15(20)19(12-22-2)18-17(14)13-7-5-4-6-8-13/h4-11H,3,12H2,1-2H3/b10-9+. The number of rotatable bonds is 6. The van der Waals surface area contributed by atoms with Crippen LogP contribution in [0.15, 0.2) is 47.3 Å². The first-order valence-corrected chi connectivity index (χ1v) is 7.17. The van der Waals surface area contributed by atoms with Gasteiger partial charge in [-0.2, -0.15) is 5.10 Å². The van der Waals surface area contributed by atoms with Crippen LogP contribution in [-0.4, -0.2) is 29.5 Å². The molecule has 1 aromatic heterocycles. The van der Waals surface area contributed by atoms with E-state index in [1.165, 1.54) is 30.0 Å². The van der Waals surface area contributed by atoms with Crippen molar-refractivity contribution in [2.24, 2.45) is 0 Å². The van der Waals surface area contributed by atoms with Gasteiger partial charge in [0.25, 0.3) is 5.56 Å². The fourth-order valence-corrected chi connectivity index (χ4v) is 2.01. The Morgan fingerprint density at radius 2 is 2.04 bits per heavy atom. The zero-order valence-electron chi connectivity index (χ0n) is 13.1. The van der Waals surface area contributed by atoms with E-state index < -0.39 is 5.97 Å². The third-order valence-electron chi connectivity index (χ3n) is 3.01. The van der Waals surface area contributed by atoms with E-state index in [-0.39, 0.29) is 12.3 Å². The molecule has 2 aromatic rings. The second kappa shape index (κ2) is 8.05. The van der Waals surface area contributed by atoms with Gasteiger partial charge >= 0.3 is 5.97 Å². The summed E-state index contributed by atoms with van der Waals surface area (Å²) in [6, 6.07) is 10.8. The van der Waals surface area contributed by atoms with Crippen molar-refractivity contribution in [1.29, 1.82) is 0 Å². The third kappa shape index (κ3) is 4.37. The molecule has 120 valence electrons. The minimum Gasteiger partial charge on any atom is -0.463 e. The van der Waals surface area contributed by atoms with Crippen LogP contribution in [0, 0.1) is 0 Å². The Kier molecular flexibility index (Phi) is 5.82. The Labute approximate surface area is 134 Å². The number of methoxy groups -OCH3 is 1. The van der Waals surface area contributed by atoms with E-state index in [4.69, 9.17) is 9.47 Å². The molecule has 0 bridgehead atoms. The van der Waals surface area contributed by atoms with E-state index in [1.807, 2.05) is 30.3 Å². The smallest absolute Gasteiger partial charge is 0.330 e. The fraction of sp³-hybridized carbons (Fsp3) is 0.235. The monoisotopic (exact) mass is 314 g/mol. The highest BCUT2D eigenvalue weighted by Gasteiger charge is 2.09. The molecule has 0 atom stereocenters. The lowest BCUT2D eigenvalue weighted by molar-refractivity contribution is -0.137. The van der Waals surface area contributed by atoms with Gasteiger partial charge in [0.1, 0.15) is 6.73 Å². The first-order chi connectivity index (χ1) is 11.2. The third-order valence-corrected chi connectivity index (χ3v) is 3.01. The fourth-order valence-electron chi connectivity index (χ4n) is 2.01. The lowest BCUT2D eigenvalue weighted by Gasteiger charge is -2.09. The maximum Gasteiger partial charge on any atom is 0.330 e. The summed E-state index contributed by atoms with van der Waals surface area (Å²) in [4.78, 5) is 23.5. The predicted molar refractivity (Wildman–Crippen MR) is 86.6 cm³/mol. The van der Waals surface area contributed by atoms with Gasteiger partial charge in [0.2, 0.25) is 0 Å². The van der Waals surface area contributed by atoms with Crippen molar-refractivity contribution in [3.8, 4) is 11.3 Å². The molecule has 0 saturated carbocycles. The number of ether oxygens (including phenoxy) is 2. The molecular weight excluding hydrogens is 296 g/mol. The molecule has 6 nitrogen and oxygen atoms in total. The van der Waals surface area contributed by atoms with Crippen molar-refractivity contribution in [2.45, 2.75) is 13.7 Å². The number of aromatic nitrogens is 2. The van der Waals surface area contributed by atoms with Gasteiger partial charge in [0, 0.05) is 30.4 Å². The van der Waals surface area contributed by atoms with E-state index in [0.717, 1.165) is 5.56 Å². The Morgan fingerprint density at radius 1 is 1.30 bits per heavy atom. The van der Waals surface area contributed by atoms with Crippen LogP contribution in [0.25, 0.3) is 17.3 Å². The van der Waals surface area contributed by atoms with Crippen LogP contribution in [-0.2, 0) is 21.0 Å². The Hall–Kier alpha value is -2.73. The van der Waals surface area contributed by atoms with Gasteiger partial charge in [-0.25, -0.2) is 9.48 Å². The zero-order valence-corrected chi connectivity index (χ0v) is 13.1.